The van der Waals surface area contributed by atoms with Crippen LogP contribution in [0.5, 0.6) is 0 Å². The molecular weight excluding hydrogens is 292 g/mol. The Hall–Kier alpha value is -2.35. The van der Waals surface area contributed by atoms with E-state index in [2.05, 4.69) is 15.0 Å². The van der Waals surface area contributed by atoms with Gasteiger partial charge in [0.05, 0.1) is 18.5 Å². The molecule has 0 aliphatic rings. The predicted molar refractivity (Wildman–Crippen MR) is 79.0 cm³/mol. The number of carbonyl (C=O) groups excluding carboxylic acids is 2. The highest BCUT2D eigenvalue weighted by molar-refractivity contribution is 7.09. The van der Waals surface area contributed by atoms with Gasteiger partial charge in [0, 0.05) is 6.04 Å². The van der Waals surface area contributed by atoms with E-state index in [9.17, 15) is 9.59 Å². The lowest BCUT2D eigenvalue weighted by molar-refractivity contribution is 0.0939. The Labute approximate surface area is 125 Å². The summed E-state index contributed by atoms with van der Waals surface area (Å²) in [6.45, 7) is 3.91. The Bertz CT molecular complexity index is 634. The quantitative estimate of drug-likeness (QED) is 0.773. The molecule has 0 aliphatic carbocycles. The number of carbonyl (C=O) groups is 2. The van der Waals surface area contributed by atoms with Gasteiger partial charge in [-0.15, -0.1) is 0 Å². The molecule has 2 aromatic rings. The van der Waals surface area contributed by atoms with Crippen LogP contribution in [-0.2, 0) is 6.54 Å². The number of anilines is 1. The van der Waals surface area contributed by atoms with Crippen molar-refractivity contribution in [1.29, 1.82) is 0 Å². The zero-order chi connectivity index (χ0) is 15.4. The first kappa shape index (κ1) is 15.0. The molecule has 2 aromatic heterocycles. The molecule has 0 bridgehead atoms. The van der Waals surface area contributed by atoms with Crippen LogP contribution in [0.2, 0.25) is 0 Å². The molecule has 8 heteroatoms. The zero-order valence-electron chi connectivity index (χ0n) is 11.7. The van der Waals surface area contributed by atoms with Gasteiger partial charge in [0.15, 0.2) is 5.69 Å². The monoisotopic (exact) mass is 308 g/mol. The number of hydrogen-bond acceptors (Lipinski definition) is 6. The molecule has 0 atom stereocenters. The molecule has 0 spiro atoms. The molecule has 0 aliphatic heterocycles. The van der Waals surface area contributed by atoms with Gasteiger partial charge in [0.1, 0.15) is 10.6 Å². The highest BCUT2D eigenvalue weighted by atomic mass is 32.1. The van der Waals surface area contributed by atoms with E-state index in [1.165, 1.54) is 6.26 Å². The van der Waals surface area contributed by atoms with E-state index in [0.29, 0.717) is 5.76 Å². The van der Waals surface area contributed by atoms with Crippen LogP contribution in [0.3, 0.4) is 0 Å². The van der Waals surface area contributed by atoms with E-state index in [-0.39, 0.29) is 40.7 Å². The van der Waals surface area contributed by atoms with Gasteiger partial charge >= 0.3 is 0 Å². The van der Waals surface area contributed by atoms with Gasteiger partial charge in [-0.2, -0.15) is 4.37 Å². The van der Waals surface area contributed by atoms with E-state index in [1.54, 1.807) is 12.1 Å². The minimum atomic E-state index is -0.385. The van der Waals surface area contributed by atoms with E-state index in [1.807, 2.05) is 13.8 Å². The van der Waals surface area contributed by atoms with Crippen molar-refractivity contribution in [2.24, 2.45) is 0 Å². The topological polar surface area (TPSA) is 110 Å². The maximum absolute atomic E-state index is 12.0. The Kier molecular flexibility index (Phi) is 4.59. The Morgan fingerprint density at radius 2 is 2.19 bits per heavy atom. The van der Waals surface area contributed by atoms with Gasteiger partial charge in [-0.1, -0.05) is 0 Å². The molecular formula is C13H16N4O3S. The Balaban J connectivity index is 2.05. The number of hydrogen-bond donors (Lipinski definition) is 3. The van der Waals surface area contributed by atoms with E-state index in [4.69, 9.17) is 10.2 Å². The lowest BCUT2D eigenvalue weighted by atomic mass is 10.2. The highest BCUT2D eigenvalue weighted by Crippen LogP contribution is 2.21. The van der Waals surface area contributed by atoms with Crippen molar-refractivity contribution in [3.63, 3.8) is 0 Å². The van der Waals surface area contributed by atoms with Gasteiger partial charge in [-0.3, -0.25) is 9.59 Å². The maximum Gasteiger partial charge on any atom is 0.273 e. The zero-order valence-corrected chi connectivity index (χ0v) is 12.5. The van der Waals surface area contributed by atoms with Gasteiger partial charge < -0.3 is 20.8 Å². The molecule has 0 saturated heterocycles. The summed E-state index contributed by atoms with van der Waals surface area (Å²) in [5.41, 5.74) is 6.01. The van der Waals surface area contributed by atoms with Gasteiger partial charge in [0.2, 0.25) is 0 Å². The first-order chi connectivity index (χ1) is 9.99. The molecule has 21 heavy (non-hydrogen) atoms. The number of amides is 2. The first-order valence-electron chi connectivity index (χ1n) is 6.35. The lowest BCUT2D eigenvalue weighted by Crippen LogP contribution is -2.31. The molecule has 112 valence electrons. The summed E-state index contributed by atoms with van der Waals surface area (Å²) in [5, 5.41) is 5.35. The lowest BCUT2D eigenvalue weighted by Gasteiger charge is -2.06. The number of nitrogens with two attached hydrogens (primary N) is 1. The first-order valence-corrected chi connectivity index (χ1v) is 7.13. The van der Waals surface area contributed by atoms with Crippen molar-refractivity contribution in [3.05, 3.63) is 34.7 Å². The number of nitrogens with zero attached hydrogens (tertiary/aromatic N) is 1. The Morgan fingerprint density at radius 3 is 2.81 bits per heavy atom. The SMILES string of the molecule is CC(C)NC(=O)c1nsc(C(=O)NCc2ccco2)c1N. The van der Waals surface area contributed by atoms with E-state index < -0.39 is 0 Å². The number of furan rings is 1. The fourth-order valence-corrected chi connectivity index (χ4v) is 2.33. The Morgan fingerprint density at radius 1 is 1.43 bits per heavy atom. The third kappa shape index (κ3) is 3.60. The minimum absolute atomic E-state index is 0.0326. The number of nitrogens with one attached hydrogen (secondary N) is 2. The molecule has 2 rings (SSSR count). The average molecular weight is 308 g/mol. The molecule has 0 aromatic carbocycles. The summed E-state index contributed by atoms with van der Waals surface area (Å²) in [6.07, 6.45) is 1.52. The summed E-state index contributed by atoms with van der Waals surface area (Å²) < 4.78 is 9.07. The molecule has 0 unspecified atom stereocenters. The van der Waals surface area contributed by atoms with Crippen LogP contribution in [0.1, 0.15) is 39.8 Å². The average Bonchev–Trinajstić information content (AvgIpc) is 3.04. The fraction of sp³-hybridized carbons (Fsp3) is 0.308. The van der Waals surface area contributed by atoms with Crippen molar-refractivity contribution < 1.29 is 14.0 Å². The van der Waals surface area contributed by atoms with Crippen molar-refractivity contribution >= 4 is 29.0 Å². The van der Waals surface area contributed by atoms with E-state index >= 15 is 0 Å². The van der Waals surface area contributed by atoms with Gasteiger partial charge in [0.25, 0.3) is 11.8 Å². The van der Waals surface area contributed by atoms with Crippen LogP contribution in [0.25, 0.3) is 0 Å². The summed E-state index contributed by atoms with van der Waals surface area (Å²) in [7, 11) is 0. The predicted octanol–water partition coefficient (Wildman–Crippen LogP) is 1.39. The van der Waals surface area contributed by atoms with E-state index in [0.717, 1.165) is 11.5 Å². The van der Waals surface area contributed by atoms with Crippen LogP contribution in [0, 0.1) is 0 Å². The van der Waals surface area contributed by atoms with Crippen LogP contribution in [0.4, 0.5) is 5.69 Å². The van der Waals surface area contributed by atoms with Crippen LogP contribution in [0.15, 0.2) is 22.8 Å². The molecule has 0 saturated carbocycles. The highest BCUT2D eigenvalue weighted by Gasteiger charge is 2.22. The maximum atomic E-state index is 12.0. The van der Waals surface area contributed by atoms with Crippen molar-refractivity contribution in [2.75, 3.05) is 5.73 Å². The molecule has 2 heterocycles. The standard InChI is InChI=1S/C13H16N4O3S/c1-7(2)16-12(18)10-9(14)11(21-17-10)13(19)15-6-8-4-3-5-20-8/h3-5,7H,6,14H2,1-2H3,(H,15,19)(H,16,18). The fourth-order valence-electron chi connectivity index (χ4n) is 1.62. The second-order valence-electron chi connectivity index (χ2n) is 4.66. The summed E-state index contributed by atoms with van der Waals surface area (Å²) in [6, 6.07) is 3.45. The summed E-state index contributed by atoms with van der Waals surface area (Å²) in [5.74, 6) is -0.141. The minimum Gasteiger partial charge on any atom is -0.467 e. The summed E-state index contributed by atoms with van der Waals surface area (Å²) >= 11 is 0.898. The largest absolute Gasteiger partial charge is 0.467 e. The van der Waals surface area contributed by atoms with Crippen LogP contribution in [-0.4, -0.2) is 22.2 Å². The third-order valence-electron chi connectivity index (χ3n) is 2.57. The molecule has 0 fully saturated rings. The van der Waals surface area contributed by atoms with Crippen LogP contribution < -0.4 is 16.4 Å². The second kappa shape index (κ2) is 6.40. The molecule has 7 nitrogen and oxygen atoms in total. The number of rotatable bonds is 5. The third-order valence-corrected chi connectivity index (χ3v) is 3.43. The number of nitrogen functional groups attached to an aromatic ring is 1. The van der Waals surface area contributed by atoms with Crippen LogP contribution >= 0.6 is 11.5 Å². The van der Waals surface area contributed by atoms with Gasteiger partial charge in [-0.05, 0) is 37.5 Å². The van der Waals surface area contributed by atoms with Crippen molar-refractivity contribution in [3.8, 4) is 0 Å². The number of aromatic nitrogens is 1. The molecule has 0 radical (unpaired) electrons. The van der Waals surface area contributed by atoms with Crippen molar-refractivity contribution in [2.45, 2.75) is 26.4 Å². The van der Waals surface area contributed by atoms with Crippen molar-refractivity contribution in [1.82, 2.24) is 15.0 Å². The molecule has 2 amide bonds. The normalized spacial score (nSPS) is 10.6. The van der Waals surface area contributed by atoms with Gasteiger partial charge in [-0.25, -0.2) is 0 Å². The smallest absolute Gasteiger partial charge is 0.273 e. The molecule has 4 N–H and O–H groups in total. The summed E-state index contributed by atoms with van der Waals surface area (Å²) in [4.78, 5) is 24.1. The second-order valence-corrected chi connectivity index (χ2v) is 5.44.